The summed E-state index contributed by atoms with van der Waals surface area (Å²) in [6.45, 7) is 1.35. The smallest absolute Gasteiger partial charge is 0.294 e. The topological polar surface area (TPSA) is 17.1 Å². The average molecular weight is 244 g/mol. The van der Waals surface area contributed by atoms with Crippen molar-refractivity contribution in [3.05, 3.63) is 34.7 Å². The third-order valence-electron chi connectivity index (χ3n) is 2.22. The summed E-state index contributed by atoms with van der Waals surface area (Å²) in [4.78, 5) is 10.6. The van der Waals surface area contributed by atoms with E-state index in [4.69, 9.17) is 0 Å². The van der Waals surface area contributed by atoms with E-state index < -0.39 is 11.1 Å². The first-order valence-corrected chi connectivity index (χ1v) is 5.32. The van der Waals surface area contributed by atoms with Gasteiger partial charge < -0.3 is 0 Å². The number of Topliss-reactive ketones (excluding diaryl/α,β-unsaturated/α-hetero) is 1. The number of hydrogen-bond donors (Lipinski definition) is 0. The lowest BCUT2D eigenvalue weighted by atomic mass is 10.1. The number of rotatable bonds is 1. The van der Waals surface area contributed by atoms with Gasteiger partial charge in [0, 0.05) is 15.6 Å². The Morgan fingerprint density at radius 3 is 2.56 bits per heavy atom. The number of fused-ring (bicyclic) bond motifs is 1. The first-order valence-electron chi connectivity index (χ1n) is 4.50. The van der Waals surface area contributed by atoms with Gasteiger partial charge in [0.25, 0.3) is 0 Å². The highest BCUT2D eigenvalue weighted by Crippen LogP contribution is 2.38. The molecule has 2 aromatic rings. The minimum Gasteiger partial charge on any atom is -0.294 e. The fourth-order valence-corrected chi connectivity index (χ4v) is 2.46. The number of thiophene rings is 1. The summed E-state index contributed by atoms with van der Waals surface area (Å²) in [5.41, 5.74) is 0.337. The minimum absolute atomic E-state index is 0.225. The highest BCUT2D eigenvalue weighted by Gasteiger charge is 2.33. The standard InChI is InChI=1S/C11H7F3OS/c1-6(15)7-3-2-4-9-8(7)5-10(16-9)11(12,13)14/h2-5H,1H3. The van der Waals surface area contributed by atoms with E-state index in [-0.39, 0.29) is 5.78 Å². The summed E-state index contributed by atoms with van der Waals surface area (Å²) >= 11 is 0.659. The lowest BCUT2D eigenvalue weighted by Gasteiger charge is -1.99. The van der Waals surface area contributed by atoms with Crippen LogP contribution < -0.4 is 0 Å². The molecule has 1 aromatic heterocycles. The summed E-state index contributed by atoms with van der Waals surface area (Å²) in [6, 6.07) is 5.76. The van der Waals surface area contributed by atoms with E-state index in [0.717, 1.165) is 6.07 Å². The van der Waals surface area contributed by atoms with E-state index >= 15 is 0 Å². The number of carbonyl (C=O) groups excluding carboxylic acids is 1. The monoisotopic (exact) mass is 244 g/mol. The number of halogens is 3. The Morgan fingerprint density at radius 2 is 2.00 bits per heavy atom. The maximum absolute atomic E-state index is 12.5. The fraction of sp³-hybridized carbons (Fsp3) is 0.182. The molecule has 0 bridgehead atoms. The Morgan fingerprint density at radius 1 is 1.31 bits per heavy atom. The molecule has 0 aliphatic carbocycles. The van der Waals surface area contributed by atoms with Gasteiger partial charge in [0.1, 0.15) is 4.88 Å². The van der Waals surface area contributed by atoms with Crippen LogP contribution in [-0.2, 0) is 6.18 Å². The van der Waals surface area contributed by atoms with Gasteiger partial charge in [0.2, 0.25) is 0 Å². The largest absolute Gasteiger partial charge is 0.425 e. The summed E-state index contributed by atoms with van der Waals surface area (Å²) < 4.78 is 37.9. The third-order valence-corrected chi connectivity index (χ3v) is 3.37. The molecule has 1 heterocycles. The Balaban J connectivity index is 2.71. The first-order chi connectivity index (χ1) is 7.39. The van der Waals surface area contributed by atoms with Crippen molar-refractivity contribution in [1.82, 2.24) is 0 Å². The lowest BCUT2D eigenvalue weighted by molar-refractivity contribution is -0.134. The van der Waals surface area contributed by atoms with E-state index in [1.165, 1.54) is 13.0 Å². The van der Waals surface area contributed by atoms with Crippen molar-refractivity contribution < 1.29 is 18.0 Å². The second-order valence-electron chi connectivity index (χ2n) is 3.38. The molecule has 0 aliphatic rings. The van der Waals surface area contributed by atoms with Crippen LogP contribution in [0.3, 0.4) is 0 Å². The molecule has 0 spiro atoms. The summed E-state index contributed by atoms with van der Waals surface area (Å²) in [5, 5.41) is 0.382. The van der Waals surface area contributed by atoms with Crippen LogP contribution in [0.2, 0.25) is 0 Å². The van der Waals surface area contributed by atoms with Crippen molar-refractivity contribution in [2.45, 2.75) is 13.1 Å². The van der Waals surface area contributed by atoms with Crippen molar-refractivity contribution in [3.63, 3.8) is 0 Å². The van der Waals surface area contributed by atoms with Crippen LogP contribution in [0.15, 0.2) is 24.3 Å². The van der Waals surface area contributed by atoms with Crippen LogP contribution >= 0.6 is 11.3 Å². The molecule has 0 amide bonds. The maximum atomic E-state index is 12.5. The highest BCUT2D eigenvalue weighted by molar-refractivity contribution is 7.19. The predicted molar refractivity (Wildman–Crippen MR) is 56.8 cm³/mol. The fourth-order valence-electron chi connectivity index (χ4n) is 1.51. The van der Waals surface area contributed by atoms with Gasteiger partial charge in [-0.2, -0.15) is 13.2 Å². The molecule has 0 N–H and O–H groups in total. The molecule has 0 saturated heterocycles. The summed E-state index contributed by atoms with van der Waals surface area (Å²) in [5.74, 6) is -0.225. The van der Waals surface area contributed by atoms with Crippen LogP contribution in [0, 0.1) is 0 Å². The predicted octanol–water partition coefficient (Wildman–Crippen LogP) is 4.12. The van der Waals surface area contributed by atoms with Crippen LogP contribution in [0.25, 0.3) is 10.1 Å². The van der Waals surface area contributed by atoms with Crippen LogP contribution in [0.5, 0.6) is 0 Å². The van der Waals surface area contributed by atoms with Gasteiger partial charge >= 0.3 is 6.18 Å². The molecule has 0 unspecified atom stereocenters. The normalized spacial score (nSPS) is 12.0. The van der Waals surface area contributed by atoms with Crippen LogP contribution in [0.4, 0.5) is 13.2 Å². The van der Waals surface area contributed by atoms with Gasteiger partial charge in [-0.3, -0.25) is 4.79 Å². The van der Waals surface area contributed by atoms with Crippen molar-refractivity contribution in [2.75, 3.05) is 0 Å². The molecule has 1 aromatic carbocycles. The van der Waals surface area contributed by atoms with Gasteiger partial charge in [0.15, 0.2) is 5.78 Å². The molecule has 5 heteroatoms. The molecule has 0 fully saturated rings. The molecule has 84 valence electrons. The maximum Gasteiger partial charge on any atom is 0.425 e. The van der Waals surface area contributed by atoms with E-state index in [2.05, 4.69) is 0 Å². The summed E-state index contributed by atoms with van der Waals surface area (Å²) in [7, 11) is 0. The first kappa shape index (κ1) is 11.1. The van der Waals surface area contributed by atoms with Crippen LogP contribution in [0.1, 0.15) is 22.2 Å². The number of benzene rings is 1. The SMILES string of the molecule is CC(=O)c1cccc2sc(C(F)(F)F)cc12. The Hall–Kier alpha value is -1.36. The van der Waals surface area contributed by atoms with Gasteiger partial charge in [-0.25, -0.2) is 0 Å². The Labute approximate surface area is 93.5 Å². The zero-order valence-corrected chi connectivity index (χ0v) is 9.08. The minimum atomic E-state index is -4.35. The van der Waals surface area contributed by atoms with E-state index in [9.17, 15) is 18.0 Å². The van der Waals surface area contributed by atoms with Crippen molar-refractivity contribution in [1.29, 1.82) is 0 Å². The van der Waals surface area contributed by atoms with Gasteiger partial charge in [-0.05, 0) is 19.1 Å². The Bertz CT molecular complexity index is 554. The molecule has 0 atom stereocenters. The average Bonchev–Trinajstić information content (AvgIpc) is 2.59. The van der Waals surface area contributed by atoms with Gasteiger partial charge in [0.05, 0.1) is 0 Å². The molecule has 0 aliphatic heterocycles. The van der Waals surface area contributed by atoms with Gasteiger partial charge in [-0.15, -0.1) is 11.3 Å². The van der Waals surface area contributed by atoms with Crippen molar-refractivity contribution in [3.8, 4) is 0 Å². The molecule has 0 saturated carbocycles. The molecule has 0 radical (unpaired) electrons. The van der Waals surface area contributed by atoms with Gasteiger partial charge in [-0.1, -0.05) is 12.1 Å². The highest BCUT2D eigenvalue weighted by atomic mass is 32.1. The zero-order chi connectivity index (χ0) is 11.9. The van der Waals surface area contributed by atoms with E-state index in [1.54, 1.807) is 12.1 Å². The Kier molecular flexibility index (Phi) is 2.50. The van der Waals surface area contributed by atoms with E-state index in [1.807, 2.05) is 0 Å². The zero-order valence-electron chi connectivity index (χ0n) is 8.26. The molecular formula is C11H7F3OS. The van der Waals surface area contributed by atoms with Crippen molar-refractivity contribution in [2.24, 2.45) is 0 Å². The third kappa shape index (κ3) is 1.82. The second-order valence-corrected chi connectivity index (χ2v) is 4.47. The number of alkyl halides is 3. The molecule has 16 heavy (non-hydrogen) atoms. The molecule has 1 nitrogen and oxygen atoms in total. The molecular weight excluding hydrogens is 237 g/mol. The number of ketones is 1. The lowest BCUT2D eigenvalue weighted by Crippen LogP contribution is -2.00. The molecule has 2 rings (SSSR count). The van der Waals surface area contributed by atoms with Crippen molar-refractivity contribution >= 4 is 27.2 Å². The quantitative estimate of drug-likeness (QED) is 0.689. The summed E-state index contributed by atoms with van der Waals surface area (Å²) in [6.07, 6.45) is -4.35. The second kappa shape index (κ2) is 3.59. The van der Waals surface area contributed by atoms with E-state index in [0.29, 0.717) is 27.0 Å². The number of hydrogen-bond acceptors (Lipinski definition) is 2. The van der Waals surface area contributed by atoms with Crippen LogP contribution in [-0.4, -0.2) is 5.78 Å². The number of carbonyl (C=O) groups is 1.